The summed E-state index contributed by atoms with van der Waals surface area (Å²) in [5.41, 5.74) is 1.16. The summed E-state index contributed by atoms with van der Waals surface area (Å²) < 4.78 is 11.5. The Bertz CT molecular complexity index is 652. The largest absolute Gasteiger partial charge is 0.492 e. The molecule has 31 heavy (non-hydrogen) atoms. The van der Waals surface area contributed by atoms with E-state index in [2.05, 4.69) is 59.5 Å². The van der Waals surface area contributed by atoms with Crippen LogP contribution in [0.4, 0.5) is 0 Å². The molecule has 176 valence electrons. The van der Waals surface area contributed by atoms with Crippen molar-refractivity contribution in [1.29, 1.82) is 0 Å². The average Bonchev–Trinajstić information content (AvgIpc) is 3.30. The molecule has 2 saturated heterocycles. The SMILES string of the molecule is CCNC(=NCc1cccc(OCCN(C)C2CCOCC2)c1)NCC1CCCS1.I. The second-order valence-corrected chi connectivity index (χ2v) is 9.44. The Balaban J connectivity index is 0.00000341. The molecule has 3 rings (SSSR count). The van der Waals surface area contributed by atoms with E-state index >= 15 is 0 Å². The van der Waals surface area contributed by atoms with E-state index in [0.29, 0.717) is 24.4 Å². The number of thioether (sulfide) groups is 1. The number of likely N-dealkylation sites (N-methyl/N-ethyl adjacent to an activating group) is 1. The molecule has 2 heterocycles. The van der Waals surface area contributed by atoms with Crippen LogP contribution in [0.15, 0.2) is 29.3 Å². The zero-order valence-electron chi connectivity index (χ0n) is 19.0. The van der Waals surface area contributed by atoms with Gasteiger partial charge in [0.05, 0.1) is 6.54 Å². The van der Waals surface area contributed by atoms with Crippen LogP contribution in [-0.2, 0) is 11.3 Å². The van der Waals surface area contributed by atoms with Crippen molar-refractivity contribution in [3.8, 4) is 5.75 Å². The first-order valence-electron chi connectivity index (χ1n) is 11.4. The maximum Gasteiger partial charge on any atom is 0.191 e. The van der Waals surface area contributed by atoms with Gasteiger partial charge in [-0.15, -0.1) is 24.0 Å². The van der Waals surface area contributed by atoms with Crippen LogP contribution < -0.4 is 15.4 Å². The van der Waals surface area contributed by atoms with Crippen molar-refractivity contribution in [2.75, 3.05) is 52.3 Å². The third-order valence-electron chi connectivity index (χ3n) is 5.71. The van der Waals surface area contributed by atoms with E-state index in [-0.39, 0.29) is 24.0 Å². The number of nitrogens with one attached hydrogen (secondary N) is 2. The van der Waals surface area contributed by atoms with Crippen LogP contribution >= 0.6 is 35.7 Å². The van der Waals surface area contributed by atoms with Gasteiger partial charge in [0.1, 0.15) is 12.4 Å². The highest BCUT2D eigenvalue weighted by Gasteiger charge is 2.18. The van der Waals surface area contributed by atoms with E-state index in [1.807, 2.05) is 6.07 Å². The molecule has 0 bridgehead atoms. The molecule has 0 spiro atoms. The van der Waals surface area contributed by atoms with Gasteiger partial charge >= 0.3 is 0 Å². The molecule has 1 aromatic rings. The second-order valence-electron chi connectivity index (χ2n) is 8.03. The molecule has 0 amide bonds. The molecule has 2 aliphatic rings. The highest BCUT2D eigenvalue weighted by molar-refractivity contribution is 14.0. The lowest BCUT2D eigenvalue weighted by atomic mass is 10.1. The fourth-order valence-electron chi connectivity index (χ4n) is 3.88. The average molecular weight is 563 g/mol. The lowest BCUT2D eigenvalue weighted by Gasteiger charge is -2.31. The van der Waals surface area contributed by atoms with Crippen molar-refractivity contribution >= 4 is 41.7 Å². The van der Waals surface area contributed by atoms with E-state index < -0.39 is 0 Å². The van der Waals surface area contributed by atoms with Crippen LogP contribution in [0.2, 0.25) is 0 Å². The molecule has 6 nitrogen and oxygen atoms in total. The normalized spacial score (nSPS) is 19.8. The molecular formula is C23H39IN4O2S. The maximum absolute atomic E-state index is 6.02. The van der Waals surface area contributed by atoms with Crippen molar-refractivity contribution in [1.82, 2.24) is 15.5 Å². The third kappa shape index (κ3) is 9.75. The number of hydrogen-bond acceptors (Lipinski definition) is 5. The van der Waals surface area contributed by atoms with Crippen LogP contribution in [0.1, 0.15) is 38.2 Å². The Kier molecular flexibility index (Phi) is 13.0. The molecule has 0 aliphatic carbocycles. The van der Waals surface area contributed by atoms with Gasteiger partial charge in [-0.3, -0.25) is 4.90 Å². The van der Waals surface area contributed by atoms with E-state index in [0.717, 1.165) is 63.0 Å². The molecule has 2 N–H and O–H groups in total. The number of guanidine groups is 1. The van der Waals surface area contributed by atoms with E-state index in [1.54, 1.807) is 0 Å². The number of halogens is 1. The maximum atomic E-state index is 6.02. The first-order chi connectivity index (χ1) is 14.7. The number of aliphatic imine (C=N–C) groups is 1. The summed E-state index contributed by atoms with van der Waals surface area (Å²) in [6, 6.07) is 8.91. The fraction of sp³-hybridized carbons (Fsp3) is 0.696. The first-order valence-corrected chi connectivity index (χ1v) is 12.4. The van der Waals surface area contributed by atoms with Gasteiger partial charge in [-0.25, -0.2) is 4.99 Å². The van der Waals surface area contributed by atoms with Crippen molar-refractivity contribution in [3.05, 3.63) is 29.8 Å². The lowest BCUT2D eigenvalue weighted by Crippen LogP contribution is -2.40. The number of nitrogens with zero attached hydrogens (tertiary/aromatic N) is 2. The minimum atomic E-state index is 0. The van der Waals surface area contributed by atoms with Gasteiger partial charge in [-0.05, 0) is 63.1 Å². The zero-order valence-corrected chi connectivity index (χ0v) is 22.1. The summed E-state index contributed by atoms with van der Waals surface area (Å²) in [5, 5.41) is 7.56. The Morgan fingerprint density at radius 1 is 1.26 bits per heavy atom. The van der Waals surface area contributed by atoms with Crippen LogP contribution in [0.3, 0.4) is 0 Å². The number of ether oxygens (including phenoxy) is 2. The van der Waals surface area contributed by atoms with Crippen LogP contribution in [0.5, 0.6) is 5.75 Å². The minimum Gasteiger partial charge on any atom is -0.492 e. The highest BCUT2D eigenvalue weighted by atomic mass is 127. The number of benzene rings is 1. The standard InChI is InChI=1S/C23H38N4O2S.HI/c1-3-24-23(26-18-22-8-5-15-30-22)25-17-19-6-4-7-21(16-19)29-14-11-27(2)20-9-12-28-13-10-20;/h4,6-7,16,20,22H,3,5,8-15,17-18H2,1-2H3,(H2,24,25,26);1H. The van der Waals surface area contributed by atoms with Crippen LogP contribution in [0, 0.1) is 0 Å². The smallest absolute Gasteiger partial charge is 0.191 e. The predicted molar refractivity (Wildman–Crippen MR) is 142 cm³/mol. The predicted octanol–water partition coefficient (Wildman–Crippen LogP) is 3.74. The molecule has 1 aromatic carbocycles. The molecule has 1 unspecified atom stereocenters. The quantitative estimate of drug-likeness (QED) is 0.258. The van der Waals surface area contributed by atoms with Crippen molar-refractivity contribution in [3.63, 3.8) is 0 Å². The molecule has 8 heteroatoms. The van der Waals surface area contributed by atoms with Crippen LogP contribution in [0.25, 0.3) is 0 Å². The third-order valence-corrected chi connectivity index (χ3v) is 7.11. The summed E-state index contributed by atoms with van der Waals surface area (Å²) in [4.78, 5) is 7.16. The molecule has 2 fully saturated rings. The van der Waals surface area contributed by atoms with E-state index in [4.69, 9.17) is 14.5 Å². The summed E-state index contributed by atoms with van der Waals surface area (Å²) in [5.74, 6) is 3.11. The van der Waals surface area contributed by atoms with Gasteiger partial charge in [0.25, 0.3) is 0 Å². The van der Waals surface area contributed by atoms with Crippen LogP contribution in [-0.4, -0.2) is 74.4 Å². The van der Waals surface area contributed by atoms with Gasteiger partial charge in [0.15, 0.2) is 5.96 Å². The topological polar surface area (TPSA) is 58.1 Å². The lowest BCUT2D eigenvalue weighted by molar-refractivity contribution is 0.0392. The number of hydrogen-bond donors (Lipinski definition) is 2. The Hall–Kier alpha value is -0.710. The summed E-state index contributed by atoms with van der Waals surface area (Å²) in [7, 11) is 2.18. The first kappa shape index (κ1) is 26.5. The van der Waals surface area contributed by atoms with Gasteiger partial charge in [-0.1, -0.05) is 12.1 Å². The summed E-state index contributed by atoms with van der Waals surface area (Å²) >= 11 is 2.07. The van der Waals surface area contributed by atoms with Gasteiger partial charge in [0, 0.05) is 44.1 Å². The Morgan fingerprint density at radius 2 is 2.10 bits per heavy atom. The molecular weight excluding hydrogens is 523 g/mol. The Morgan fingerprint density at radius 3 is 2.84 bits per heavy atom. The van der Waals surface area contributed by atoms with E-state index in [9.17, 15) is 0 Å². The van der Waals surface area contributed by atoms with Crippen molar-refractivity contribution in [2.24, 2.45) is 4.99 Å². The monoisotopic (exact) mass is 562 g/mol. The number of rotatable bonds is 10. The summed E-state index contributed by atoms with van der Waals surface area (Å²) in [6.45, 7) is 7.99. The zero-order chi connectivity index (χ0) is 21.0. The van der Waals surface area contributed by atoms with Crippen molar-refractivity contribution in [2.45, 2.75) is 50.4 Å². The summed E-state index contributed by atoms with van der Waals surface area (Å²) in [6.07, 6.45) is 4.87. The van der Waals surface area contributed by atoms with Gasteiger partial charge in [0.2, 0.25) is 0 Å². The van der Waals surface area contributed by atoms with Gasteiger partial charge < -0.3 is 20.1 Å². The Labute approximate surface area is 209 Å². The molecule has 0 radical (unpaired) electrons. The fourth-order valence-corrected chi connectivity index (χ4v) is 5.08. The molecule has 2 aliphatic heterocycles. The van der Waals surface area contributed by atoms with Crippen molar-refractivity contribution < 1.29 is 9.47 Å². The molecule has 0 saturated carbocycles. The van der Waals surface area contributed by atoms with Gasteiger partial charge in [-0.2, -0.15) is 11.8 Å². The highest BCUT2D eigenvalue weighted by Crippen LogP contribution is 2.25. The minimum absolute atomic E-state index is 0. The van der Waals surface area contributed by atoms with E-state index in [1.165, 1.54) is 18.6 Å². The second kappa shape index (κ2) is 15.2. The molecule has 0 aromatic heterocycles. The molecule has 1 atom stereocenters.